The molecule has 0 aliphatic carbocycles. The van der Waals surface area contributed by atoms with Crippen molar-refractivity contribution in [2.45, 2.75) is 25.8 Å². The fourth-order valence-electron chi connectivity index (χ4n) is 1.84. The maximum Gasteiger partial charge on any atom is 0.241 e. The Labute approximate surface area is 125 Å². The Balaban J connectivity index is 2.65. The number of methoxy groups -OCH3 is 2. The summed E-state index contributed by atoms with van der Waals surface area (Å²) in [4.78, 5) is 12.0. The molecule has 21 heavy (non-hydrogen) atoms. The van der Waals surface area contributed by atoms with Crippen LogP contribution in [0.5, 0.6) is 11.5 Å². The van der Waals surface area contributed by atoms with Gasteiger partial charge in [0.2, 0.25) is 5.91 Å². The van der Waals surface area contributed by atoms with Crippen LogP contribution in [0.25, 0.3) is 0 Å². The third kappa shape index (κ3) is 5.61. The molecule has 1 unspecified atom stereocenters. The monoisotopic (exact) mass is 296 g/mol. The van der Waals surface area contributed by atoms with Gasteiger partial charge in [-0.3, -0.25) is 4.79 Å². The summed E-state index contributed by atoms with van der Waals surface area (Å²) >= 11 is 0. The molecule has 0 spiro atoms. The number of hydrogen-bond donors (Lipinski definition) is 2. The molecule has 0 aliphatic rings. The average molecular weight is 296 g/mol. The van der Waals surface area contributed by atoms with Crippen LogP contribution in [0.4, 0.5) is 5.69 Å². The Morgan fingerprint density at radius 3 is 2.71 bits per heavy atom. The molecule has 1 amide bonds. The SMILES string of the molecule is CCOc1cc(NC(=O)C(N)CCCOC)ccc1OC. The second-order valence-electron chi connectivity index (χ2n) is 4.53. The molecule has 1 aromatic rings. The van der Waals surface area contributed by atoms with Crippen LogP contribution in [0.15, 0.2) is 18.2 Å². The van der Waals surface area contributed by atoms with E-state index in [0.717, 1.165) is 6.42 Å². The summed E-state index contributed by atoms with van der Waals surface area (Å²) in [5, 5.41) is 2.78. The topological polar surface area (TPSA) is 82.8 Å². The van der Waals surface area contributed by atoms with Crippen molar-refractivity contribution in [3.8, 4) is 11.5 Å². The van der Waals surface area contributed by atoms with Crippen LogP contribution >= 0.6 is 0 Å². The van der Waals surface area contributed by atoms with E-state index in [1.807, 2.05) is 6.92 Å². The minimum Gasteiger partial charge on any atom is -0.493 e. The summed E-state index contributed by atoms with van der Waals surface area (Å²) in [7, 11) is 3.19. The number of amides is 1. The lowest BCUT2D eigenvalue weighted by Crippen LogP contribution is -2.35. The third-order valence-electron chi connectivity index (χ3n) is 2.93. The van der Waals surface area contributed by atoms with Crippen molar-refractivity contribution in [2.75, 3.05) is 32.8 Å². The number of anilines is 1. The fraction of sp³-hybridized carbons (Fsp3) is 0.533. The maximum atomic E-state index is 12.0. The highest BCUT2D eigenvalue weighted by atomic mass is 16.5. The normalized spacial score (nSPS) is 11.8. The maximum absolute atomic E-state index is 12.0. The van der Waals surface area contributed by atoms with Crippen LogP contribution in [-0.2, 0) is 9.53 Å². The van der Waals surface area contributed by atoms with Crippen molar-refractivity contribution in [1.82, 2.24) is 0 Å². The third-order valence-corrected chi connectivity index (χ3v) is 2.93. The van der Waals surface area contributed by atoms with Crippen molar-refractivity contribution in [1.29, 1.82) is 0 Å². The zero-order chi connectivity index (χ0) is 15.7. The number of rotatable bonds is 9. The number of benzene rings is 1. The quantitative estimate of drug-likeness (QED) is 0.679. The molecule has 3 N–H and O–H groups in total. The number of nitrogens with two attached hydrogens (primary N) is 1. The number of ether oxygens (including phenoxy) is 3. The zero-order valence-corrected chi connectivity index (χ0v) is 12.8. The summed E-state index contributed by atoms with van der Waals surface area (Å²) in [5.74, 6) is 0.990. The number of carbonyl (C=O) groups excluding carboxylic acids is 1. The first-order chi connectivity index (χ1) is 10.1. The van der Waals surface area contributed by atoms with Gasteiger partial charge in [0.1, 0.15) is 0 Å². The van der Waals surface area contributed by atoms with Crippen molar-refractivity contribution < 1.29 is 19.0 Å². The molecule has 0 radical (unpaired) electrons. The molecule has 1 rings (SSSR count). The first-order valence-electron chi connectivity index (χ1n) is 6.98. The van der Waals surface area contributed by atoms with E-state index in [0.29, 0.717) is 36.8 Å². The summed E-state index contributed by atoms with van der Waals surface area (Å²) in [6, 6.07) is 4.66. The molecule has 0 fully saturated rings. The summed E-state index contributed by atoms with van der Waals surface area (Å²) in [6.07, 6.45) is 1.33. The Morgan fingerprint density at radius 1 is 1.33 bits per heavy atom. The molecule has 0 heterocycles. The van der Waals surface area contributed by atoms with Gasteiger partial charge in [-0.05, 0) is 31.9 Å². The predicted octanol–water partition coefficient (Wildman–Crippen LogP) is 1.79. The second-order valence-corrected chi connectivity index (χ2v) is 4.53. The molecule has 0 aromatic heterocycles. The largest absolute Gasteiger partial charge is 0.493 e. The van der Waals surface area contributed by atoms with E-state index < -0.39 is 6.04 Å². The highest BCUT2D eigenvalue weighted by molar-refractivity contribution is 5.94. The summed E-state index contributed by atoms with van der Waals surface area (Å²) < 4.78 is 15.6. The molecule has 0 saturated carbocycles. The summed E-state index contributed by atoms with van der Waals surface area (Å²) in [5.41, 5.74) is 6.47. The van der Waals surface area contributed by atoms with Gasteiger partial charge in [0.15, 0.2) is 11.5 Å². The minimum absolute atomic E-state index is 0.223. The van der Waals surface area contributed by atoms with E-state index in [1.165, 1.54) is 0 Å². The highest BCUT2D eigenvalue weighted by Crippen LogP contribution is 2.30. The Kier molecular flexibility index (Phi) is 7.56. The van der Waals surface area contributed by atoms with Crippen LogP contribution < -0.4 is 20.5 Å². The van der Waals surface area contributed by atoms with Crippen molar-refractivity contribution in [3.63, 3.8) is 0 Å². The first-order valence-corrected chi connectivity index (χ1v) is 6.98. The lowest BCUT2D eigenvalue weighted by molar-refractivity contribution is -0.117. The van der Waals surface area contributed by atoms with Gasteiger partial charge in [-0.2, -0.15) is 0 Å². The Hall–Kier alpha value is -1.79. The van der Waals surface area contributed by atoms with Gasteiger partial charge in [0.25, 0.3) is 0 Å². The van der Waals surface area contributed by atoms with Crippen molar-refractivity contribution in [2.24, 2.45) is 5.73 Å². The smallest absolute Gasteiger partial charge is 0.241 e. The first kappa shape index (κ1) is 17.3. The van der Waals surface area contributed by atoms with Crippen LogP contribution in [0, 0.1) is 0 Å². The van der Waals surface area contributed by atoms with Gasteiger partial charge in [0.05, 0.1) is 19.8 Å². The van der Waals surface area contributed by atoms with Gasteiger partial charge in [-0.25, -0.2) is 0 Å². The lowest BCUT2D eigenvalue weighted by Gasteiger charge is -2.14. The van der Waals surface area contributed by atoms with Gasteiger partial charge in [-0.15, -0.1) is 0 Å². The van der Waals surface area contributed by atoms with Gasteiger partial charge < -0.3 is 25.3 Å². The molecule has 6 heteroatoms. The molecule has 0 aliphatic heterocycles. The van der Waals surface area contributed by atoms with Crippen LogP contribution in [0.3, 0.4) is 0 Å². The molecule has 1 aromatic carbocycles. The van der Waals surface area contributed by atoms with E-state index in [9.17, 15) is 4.79 Å². The van der Waals surface area contributed by atoms with E-state index in [2.05, 4.69) is 5.32 Å². The predicted molar refractivity (Wildman–Crippen MR) is 81.9 cm³/mol. The van der Waals surface area contributed by atoms with Gasteiger partial charge in [-0.1, -0.05) is 0 Å². The molecule has 0 bridgehead atoms. The van der Waals surface area contributed by atoms with Gasteiger partial charge in [0, 0.05) is 25.5 Å². The minimum atomic E-state index is -0.558. The van der Waals surface area contributed by atoms with E-state index in [1.54, 1.807) is 32.4 Å². The van der Waals surface area contributed by atoms with Gasteiger partial charge >= 0.3 is 0 Å². The second kappa shape index (κ2) is 9.20. The van der Waals surface area contributed by atoms with Crippen LogP contribution in [0.2, 0.25) is 0 Å². The number of nitrogens with one attached hydrogen (secondary N) is 1. The van der Waals surface area contributed by atoms with Crippen molar-refractivity contribution in [3.05, 3.63) is 18.2 Å². The van der Waals surface area contributed by atoms with Crippen LogP contribution in [-0.4, -0.2) is 39.4 Å². The zero-order valence-electron chi connectivity index (χ0n) is 12.8. The molecule has 6 nitrogen and oxygen atoms in total. The molecule has 1 atom stereocenters. The van der Waals surface area contributed by atoms with E-state index >= 15 is 0 Å². The Morgan fingerprint density at radius 2 is 2.10 bits per heavy atom. The molecule has 118 valence electrons. The molecular weight excluding hydrogens is 272 g/mol. The van der Waals surface area contributed by atoms with E-state index in [-0.39, 0.29) is 5.91 Å². The summed E-state index contributed by atoms with van der Waals surface area (Å²) in [6.45, 7) is 3.00. The Bertz CT molecular complexity index is 451. The fourth-order valence-corrected chi connectivity index (χ4v) is 1.84. The molecular formula is C15H24N2O4. The van der Waals surface area contributed by atoms with Crippen LogP contribution in [0.1, 0.15) is 19.8 Å². The highest BCUT2D eigenvalue weighted by Gasteiger charge is 2.14. The van der Waals surface area contributed by atoms with Crippen molar-refractivity contribution >= 4 is 11.6 Å². The molecule has 0 saturated heterocycles. The number of carbonyl (C=O) groups is 1. The standard InChI is InChI=1S/C15H24N2O4/c1-4-21-14-10-11(7-8-13(14)20-3)17-15(18)12(16)6-5-9-19-2/h7-8,10,12H,4-6,9,16H2,1-3H3,(H,17,18). The van der Waals surface area contributed by atoms with E-state index in [4.69, 9.17) is 19.9 Å². The lowest BCUT2D eigenvalue weighted by atomic mass is 10.1. The number of hydrogen-bond acceptors (Lipinski definition) is 5. The average Bonchev–Trinajstić information content (AvgIpc) is 2.48.